The molecule has 0 unspecified atom stereocenters. The van der Waals surface area contributed by atoms with Crippen molar-refractivity contribution in [2.75, 3.05) is 6.54 Å². The molecule has 0 fully saturated rings. The quantitative estimate of drug-likeness (QED) is 0.731. The van der Waals surface area contributed by atoms with E-state index in [0.717, 1.165) is 10.9 Å². The van der Waals surface area contributed by atoms with Crippen LogP contribution >= 0.6 is 0 Å². The summed E-state index contributed by atoms with van der Waals surface area (Å²) >= 11 is -0.0502. The zero-order valence-corrected chi connectivity index (χ0v) is 10.3. The summed E-state index contributed by atoms with van der Waals surface area (Å²) in [5.74, 6) is 0. The average Bonchev–Trinajstić information content (AvgIpc) is 2.41. The van der Waals surface area contributed by atoms with Gasteiger partial charge in [0.25, 0.3) is 0 Å². The zero-order valence-electron chi connectivity index (χ0n) is 7.80. The number of sulfonamides is 1. The molecule has 2 rings (SSSR count). The molecule has 0 spiro atoms. The van der Waals surface area contributed by atoms with Crippen molar-refractivity contribution in [2.45, 2.75) is 18.2 Å². The second-order valence-electron chi connectivity index (χ2n) is 3.07. The molecule has 0 saturated heterocycles. The van der Waals surface area contributed by atoms with Crippen molar-refractivity contribution in [3.8, 4) is 0 Å². The molecule has 0 N–H and O–H groups in total. The average molecular weight is 276 g/mol. The Labute approximate surface area is 90.5 Å². The van der Waals surface area contributed by atoms with Crippen LogP contribution < -0.4 is 4.46 Å². The molecule has 0 aromatic heterocycles. The van der Waals surface area contributed by atoms with E-state index in [-0.39, 0.29) is 15.2 Å². The number of benzene rings is 1. The van der Waals surface area contributed by atoms with Gasteiger partial charge < -0.3 is 0 Å². The van der Waals surface area contributed by atoms with E-state index in [1.54, 1.807) is 15.5 Å². The second-order valence-corrected chi connectivity index (χ2v) is 7.65. The summed E-state index contributed by atoms with van der Waals surface area (Å²) in [6.45, 7) is 2.63. The van der Waals surface area contributed by atoms with Gasteiger partial charge in [-0.1, -0.05) is 0 Å². The first-order valence-corrected chi connectivity index (χ1v) is 7.52. The Morgan fingerprint density at radius 1 is 1.36 bits per heavy atom. The van der Waals surface area contributed by atoms with Gasteiger partial charge in [-0.2, -0.15) is 0 Å². The van der Waals surface area contributed by atoms with E-state index in [9.17, 15) is 8.42 Å². The molecule has 0 amide bonds. The predicted molar refractivity (Wildman–Crippen MR) is 56.0 cm³/mol. The SMILES string of the molecule is CCCN1[Se]c2ccccc2S1(=O)=O. The van der Waals surface area contributed by atoms with Gasteiger partial charge in [0, 0.05) is 0 Å². The van der Waals surface area contributed by atoms with Gasteiger partial charge >= 0.3 is 90.4 Å². The number of nitrogens with zero attached hydrogens (tertiary/aromatic N) is 1. The van der Waals surface area contributed by atoms with E-state index < -0.39 is 10.0 Å². The summed E-state index contributed by atoms with van der Waals surface area (Å²) in [5, 5.41) is 0. The molecule has 0 atom stereocenters. The van der Waals surface area contributed by atoms with E-state index in [4.69, 9.17) is 0 Å². The van der Waals surface area contributed by atoms with E-state index in [1.807, 2.05) is 19.1 Å². The Balaban J connectivity index is 2.46. The summed E-state index contributed by atoms with van der Waals surface area (Å²) < 4.78 is 26.4. The van der Waals surface area contributed by atoms with Crippen molar-refractivity contribution in [1.29, 1.82) is 0 Å². The van der Waals surface area contributed by atoms with Crippen LogP contribution in [0, 0.1) is 0 Å². The van der Waals surface area contributed by atoms with Gasteiger partial charge in [-0.3, -0.25) is 0 Å². The third kappa shape index (κ3) is 1.50. The first kappa shape index (κ1) is 10.2. The van der Waals surface area contributed by atoms with Gasteiger partial charge in [-0.25, -0.2) is 0 Å². The predicted octanol–water partition coefficient (Wildman–Crippen LogP) is 0.345. The number of fused-ring (bicyclic) bond motifs is 1. The summed E-state index contributed by atoms with van der Waals surface area (Å²) in [6, 6.07) is 7.28. The molecule has 76 valence electrons. The van der Waals surface area contributed by atoms with Crippen LogP contribution in [0.5, 0.6) is 0 Å². The zero-order chi connectivity index (χ0) is 10.2. The fraction of sp³-hybridized carbons (Fsp3) is 0.333. The van der Waals surface area contributed by atoms with Gasteiger partial charge in [0.1, 0.15) is 0 Å². The van der Waals surface area contributed by atoms with Gasteiger partial charge in [0.05, 0.1) is 0 Å². The Morgan fingerprint density at radius 3 is 2.71 bits per heavy atom. The summed E-state index contributed by atoms with van der Waals surface area (Å²) in [4.78, 5) is 0.508. The van der Waals surface area contributed by atoms with Gasteiger partial charge in [0.15, 0.2) is 0 Å². The maximum absolute atomic E-state index is 11.9. The maximum atomic E-state index is 11.9. The van der Waals surface area contributed by atoms with Gasteiger partial charge in [-0.15, -0.1) is 0 Å². The molecule has 0 bridgehead atoms. The second kappa shape index (κ2) is 3.66. The molecule has 0 saturated carbocycles. The molecule has 0 radical (unpaired) electrons. The Bertz CT molecular complexity index is 444. The summed E-state index contributed by atoms with van der Waals surface area (Å²) in [7, 11) is -3.15. The van der Waals surface area contributed by atoms with Crippen LogP contribution in [-0.4, -0.2) is 33.5 Å². The van der Waals surface area contributed by atoms with Crippen molar-refractivity contribution < 1.29 is 8.42 Å². The molecule has 1 aromatic rings. The van der Waals surface area contributed by atoms with E-state index in [0.29, 0.717) is 11.4 Å². The minimum absolute atomic E-state index is 0.0502. The standard InChI is InChI=1S/C9H11NO2SSe/c1-2-7-10-13(11,12)8-5-3-4-6-9(8)14-10/h3-6H,2,7H2,1H3. The van der Waals surface area contributed by atoms with Gasteiger partial charge in [-0.05, 0) is 0 Å². The third-order valence-corrected chi connectivity index (χ3v) is 7.52. The molecular weight excluding hydrogens is 265 g/mol. The minimum atomic E-state index is -3.15. The normalized spacial score (nSPS) is 19.5. The van der Waals surface area contributed by atoms with Crippen molar-refractivity contribution in [2.24, 2.45) is 0 Å². The molecular formula is C9H11NO2SSe. The van der Waals surface area contributed by atoms with Crippen LogP contribution in [0.3, 0.4) is 0 Å². The molecule has 1 aliphatic heterocycles. The molecule has 1 heterocycles. The van der Waals surface area contributed by atoms with Crippen LogP contribution in [0.25, 0.3) is 0 Å². The van der Waals surface area contributed by atoms with E-state index in [1.165, 1.54) is 0 Å². The first-order valence-electron chi connectivity index (χ1n) is 4.46. The van der Waals surface area contributed by atoms with Crippen molar-refractivity contribution in [3.05, 3.63) is 24.3 Å². The fourth-order valence-corrected chi connectivity index (χ4v) is 6.72. The van der Waals surface area contributed by atoms with Crippen molar-refractivity contribution in [1.82, 2.24) is 3.32 Å². The van der Waals surface area contributed by atoms with E-state index >= 15 is 0 Å². The molecule has 3 nitrogen and oxygen atoms in total. The van der Waals surface area contributed by atoms with E-state index in [2.05, 4.69) is 0 Å². The van der Waals surface area contributed by atoms with Crippen molar-refractivity contribution in [3.63, 3.8) is 0 Å². The fourth-order valence-electron chi connectivity index (χ4n) is 1.36. The van der Waals surface area contributed by atoms with Crippen LogP contribution in [0.15, 0.2) is 29.2 Å². The Morgan fingerprint density at radius 2 is 2.07 bits per heavy atom. The van der Waals surface area contributed by atoms with Gasteiger partial charge in [0.2, 0.25) is 0 Å². The Kier molecular flexibility index (Phi) is 2.66. The number of rotatable bonds is 2. The van der Waals surface area contributed by atoms with Crippen LogP contribution in [-0.2, 0) is 10.0 Å². The monoisotopic (exact) mass is 277 g/mol. The van der Waals surface area contributed by atoms with Crippen LogP contribution in [0.1, 0.15) is 13.3 Å². The molecule has 1 aliphatic rings. The molecule has 0 aliphatic carbocycles. The number of hydrogen-bond donors (Lipinski definition) is 0. The van der Waals surface area contributed by atoms with Crippen LogP contribution in [0.4, 0.5) is 0 Å². The molecule has 5 heteroatoms. The summed E-state index contributed by atoms with van der Waals surface area (Å²) in [6.07, 6.45) is 0.870. The summed E-state index contributed by atoms with van der Waals surface area (Å²) in [5.41, 5.74) is 0. The molecule has 14 heavy (non-hydrogen) atoms. The topological polar surface area (TPSA) is 37.4 Å². The first-order chi connectivity index (χ1) is 6.66. The third-order valence-electron chi connectivity index (χ3n) is 2.00. The van der Waals surface area contributed by atoms with Crippen LogP contribution in [0.2, 0.25) is 0 Å². The molecule has 1 aromatic carbocycles. The van der Waals surface area contributed by atoms with Crippen molar-refractivity contribution >= 4 is 29.7 Å². The Hall–Kier alpha value is -0.351. The number of hydrogen-bond acceptors (Lipinski definition) is 2.